The number of fused-ring (bicyclic) bond motifs is 1. The van der Waals surface area contributed by atoms with E-state index in [0.717, 1.165) is 53.2 Å². The highest BCUT2D eigenvalue weighted by atomic mass is 19.1. The molecule has 1 heterocycles. The molecule has 2 atom stereocenters. The lowest BCUT2D eigenvalue weighted by molar-refractivity contribution is 0.0681. The predicted octanol–water partition coefficient (Wildman–Crippen LogP) is 6.28. The number of halogens is 1. The van der Waals surface area contributed by atoms with Crippen LogP contribution in [0.1, 0.15) is 46.8 Å². The Morgan fingerprint density at radius 3 is 2.20 bits per heavy atom. The van der Waals surface area contributed by atoms with Crippen LogP contribution in [0.4, 0.5) is 4.39 Å². The quantitative estimate of drug-likeness (QED) is 0.441. The number of hydrogen-bond acceptors (Lipinski definition) is 4. The van der Waals surface area contributed by atoms with Crippen LogP contribution >= 0.6 is 0 Å². The molecule has 0 bridgehead atoms. The minimum absolute atomic E-state index is 0.0750. The van der Waals surface area contributed by atoms with Crippen LogP contribution < -0.4 is 9.47 Å². The van der Waals surface area contributed by atoms with Gasteiger partial charge in [0, 0.05) is 11.5 Å². The van der Waals surface area contributed by atoms with Gasteiger partial charge >= 0.3 is 0 Å². The third kappa shape index (κ3) is 4.56. The second kappa shape index (κ2) is 9.74. The smallest absolute Gasteiger partial charge is 0.274 e. The van der Waals surface area contributed by atoms with Gasteiger partial charge < -0.3 is 9.47 Å². The summed E-state index contributed by atoms with van der Waals surface area (Å²) in [4.78, 5) is 13.6. The molecular weight excluding hydrogens is 443 g/mol. The largest absolute Gasteiger partial charge is 0.497 e. The molecule has 1 fully saturated rings. The first-order chi connectivity index (χ1) is 17.1. The van der Waals surface area contributed by atoms with E-state index in [9.17, 15) is 9.18 Å². The van der Waals surface area contributed by atoms with Crippen molar-refractivity contribution in [3.05, 3.63) is 101 Å². The molecule has 1 saturated carbocycles. The van der Waals surface area contributed by atoms with Gasteiger partial charge in [-0.25, -0.2) is 9.40 Å². The lowest BCUT2D eigenvalue weighted by Gasteiger charge is -2.29. The predicted molar refractivity (Wildman–Crippen MR) is 134 cm³/mol. The summed E-state index contributed by atoms with van der Waals surface area (Å²) in [6, 6.07) is 21.1. The lowest BCUT2D eigenvalue weighted by atomic mass is 9.77. The molecule has 5 rings (SSSR count). The van der Waals surface area contributed by atoms with Crippen LogP contribution in [0.5, 0.6) is 11.5 Å². The van der Waals surface area contributed by atoms with Gasteiger partial charge in [0.15, 0.2) is 0 Å². The minimum atomic E-state index is -0.376. The Labute approximate surface area is 204 Å². The van der Waals surface area contributed by atoms with Gasteiger partial charge in [-0.3, -0.25) is 4.79 Å². The highest BCUT2D eigenvalue weighted by Gasteiger charge is 2.43. The third-order valence-electron chi connectivity index (χ3n) is 6.71. The van der Waals surface area contributed by atoms with Gasteiger partial charge in [-0.05, 0) is 90.6 Å². The molecule has 5 nitrogen and oxygen atoms in total. The first-order valence-corrected chi connectivity index (χ1v) is 11.7. The van der Waals surface area contributed by atoms with Crippen LogP contribution in [0.2, 0.25) is 0 Å². The van der Waals surface area contributed by atoms with Crippen molar-refractivity contribution in [2.75, 3.05) is 14.2 Å². The molecule has 3 aromatic rings. The Bertz CT molecular complexity index is 1260. The second-order valence-corrected chi connectivity index (χ2v) is 8.80. The molecule has 1 aliphatic heterocycles. The zero-order chi connectivity index (χ0) is 24.4. The summed E-state index contributed by atoms with van der Waals surface area (Å²) < 4.78 is 24.1. The van der Waals surface area contributed by atoms with E-state index in [4.69, 9.17) is 14.6 Å². The summed E-state index contributed by atoms with van der Waals surface area (Å²) in [5, 5.41) is 6.49. The molecule has 0 N–H and O–H groups in total. The number of allylic oxidation sites excluding steroid dienone is 1. The van der Waals surface area contributed by atoms with Crippen molar-refractivity contribution in [3.8, 4) is 11.5 Å². The zero-order valence-electron chi connectivity index (χ0n) is 19.8. The Morgan fingerprint density at radius 2 is 1.57 bits per heavy atom. The average molecular weight is 471 g/mol. The Balaban J connectivity index is 1.55. The SMILES string of the molecule is COc1ccc(/C=C2\CCC[C@H]3C2=NN(C(=O)c2ccc(F)cc2)[C@H]3c2ccc(OC)cc2)cc1. The molecule has 178 valence electrons. The first-order valence-electron chi connectivity index (χ1n) is 11.7. The summed E-state index contributed by atoms with van der Waals surface area (Å²) in [5.41, 5.74) is 4.56. The topological polar surface area (TPSA) is 51.1 Å². The maximum Gasteiger partial charge on any atom is 0.274 e. The van der Waals surface area contributed by atoms with Crippen LogP contribution in [0.25, 0.3) is 6.08 Å². The van der Waals surface area contributed by atoms with E-state index < -0.39 is 0 Å². The number of nitrogens with zero attached hydrogens (tertiary/aromatic N) is 2. The number of ether oxygens (including phenoxy) is 2. The maximum atomic E-state index is 13.6. The Hall–Kier alpha value is -3.93. The fourth-order valence-electron chi connectivity index (χ4n) is 4.93. The van der Waals surface area contributed by atoms with E-state index in [1.807, 2.05) is 48.5 Å². The van der Waals surface area contributed by atoms with E-state index >= 15 is 0 Å². The van der Waals surface area contributed by atoms with Crippen molar-refractivity contribution >= 4 is 17.7 Å². The van der Waals surface area contributed by atoms with Gasteiger partial charge in [-0.1, -0.05) is 24.3 Å². The summed E-state index contributed by atoms with van der Waals surface area (Å²) >= 11 is 0. The van der Waals surface area contributed by atoms with Crippen molar-refractivity contribution < 1.29 is 18.7 Å². The first kappa shape index (κ1) is 22.8. The zero-order valence-corrected chi connectivity index (χ0v) is 19.8. The maximum absolute atomic E-state index is 13.6. The van der Waals surface area contributed by atoms with Gasteiger partial charge in [0.25, 0.3) is 5.91 Å². The van der Waals surface area contributed by atoms with Crippen LogP contribution in [0.15, 0.2) is 83.5 Å². The number of hydrazone groups is 1. The molecular formula is C29H27FN2O3. The lowest BCUT2D eigenvalue weighted by Crippen LogP contribution is -2.31. The normalized spacial score (nSPS) is 20.4. The summed E-state index contributed by atoms with van der Waals surface area (Å²) in [5.74, 6) is 1.03. The van der Waals surface area contributed by atoms with Crippen LogP contribution in [0.3, 0.4) is 0 Å². The van der Waals surface area contributed by atoms with Crippen molar-refractivity contribution in [1.29, 1.82) is 0 Å². The summed E-state index contributed by atoms with van der Waals surface area (Å²) in [6.07, 6.45) is 5.00. The van der Waals surface area contributed by atoms with Crippen LogP contribution in [0, 0.1) is 11.7 Å². The molecule has 6 heteroatoms. The minimum Gasteiger partial charge on any atom is -0.497 e. The number of carbonyl (C=O) groups excluding carboxylic acids is 1. The highest BCUT2D eigenvalue weighted by molar-refractivity contribution is 6.09. The van der Waals surface area contributed by atoms with Crippen molar-refractivity contribution in [1.82, 2.24) is 5.01 Å². The van der Waals surface area contributed by atoms with Gasteiger partial charge in [-0.2, -0.15) is 5.10 Å². The number of methoxy groups -OCH3 is 2. The third-order valence-corrected chi connectivity index (χ3v) is 6.71. The van der Waals surface area contributed by atoms with Gasteiger partial charge in [0.2, 0.25) is 0 Å². The van der Waals surface area contributed by atoms with Crippen molar-refractivity contribution in [3.63, 3.8) is 0 Å². The molecule has 2 aliphatic rings. The van der Waals surface area contributed by atoms with Crippen LogP contribution in [-0.4, -0.2) is 30.8 Å². The summed E-state index contributed by atoms with van der Waals surface area (Å²) in [7, 11) is 3.28. The molecule has 3 aromatic carbocycles. The second-order valence-electron chi connectivity index (χ2n) is 8.80. The van der Waals surface area contributed by atoms with Crippen LogP contribution in [-0.2, 0) is 0 Å². The number of hydrogen-bond donors (Lipinski definition) is 0. The molecule has 35 heavy (non-hydrogen) atoms. The average Bonchev–Trinajstić information content (AvgIpc) is 3.30. The highest BCUT2D eigenvalue weighted by Crippen LogP contribution is 2.45. The van der Waals surface area contributed by atoms with Gasteiger partial charge in [0.05, 0.1) is 26.0 Å². The van der Waals surface area contributed by atoms with E-state index in [0.29, 0.717) is 5.56 Å². The molecule has 0 unspecified atom stereocenters. The van der Waals surface area contributed by atoms with Gasteiger partial charge in [-0.15, -0.1) is 0 Å². The fraction of sp³-hybridized carbons (Fsp3) is 0.241. The number of rotatable bonds is 5. The Morgan fingerprint density at radius 1 is 0.943 bits per heavy atom. The van der Waals surface area contributed by atoms with Crippen molar-refractivity contribution in [2.24, 2.45) is 11.0 Å². The monoisotopic (exact) mass is 470 g/mol. The molecule has 0 spiro atoms. The number of amides is 1. The molecule has 1 aliphatic carbocycles. The standard InChI is InChI=1S/C29H27FN2O3/c1-34-24-14-6-19(7-15-24)18-22-4-3-5-26-27(22)31-32(29(33)21-8-12-23(30)13-9-21)28(26)20-10-16-25(35-2)17-11-20/h6-18,26,28H,3-5H2,1-2H3/b22-18+/t26-,28-/m0/s1. The van der Waals surface area contributed by atoms with Crippen molar-refractivity contribution in [2.45, 2.75) is 25.3 Å². The summed E-state index contributed by atoms with van der Waals surface area (Å²) in [6.45, 7) is 0. The molecule has 1 amide bonds. The molecule has 0 aromatic heterocycles. The molecule has 0 radical (unpaired) electrons. The number of carbonyl (C=O) groups is 1. The van der Waals surface area contributed by atoms with E-state index in [-0.39, 0.29) is 23.7 Å². The van der Waals surface area contributed by atoms with Gasteiger partial charge in [0.1, 0.15) is 17.3 Å². The fourth-order valence-corrected chi connectivity index (χ4v) is 4.93. The van der Waals surface area contributed by atoms with E-state index in [2.05, 4.69) is 6.08 Å². The van der Waals surface area contributed by atoms with E-state index in [1.165, 1.54) is 24.3 Å². The van der Waals surface area contributed by atoms with E-state index in [1.54, 1.807) is 19.2 Å². The molecule has 0 saturated heterocycles. The number of benzene rings is 3. The Kier molecular flexibility index (Phi) is 6.36.